The van der Waals surface area contributed by atoms with E-state index in [0.717, 1.165) is 5.56 Å². The molecule has 0 aliphatic rings. The molecule has 4 nitrogen and oxygen atoms in total. The average Bonchev–Trinajstić information content (AvgIpc) is 2.28. The van der Waals surface area contributed by atoms with E-state index >= 15 is 0 Å². The van der Waals surface area contributed by atoms with Crippen LogP contribution in [0.5, 0.6) is 5.75 Å². The van der Waals surface area contributed by atoms with Crippen LogP contribution in [0, 0.1) is 0 Å². The van der Waals surface area contributed by atoms with Crippen LogP contribution in [0.25, 0.3) is 0 Å². The lowest BCUT2D eigenvalue weighted by Gasteiger charge is -2.13. The highest BCUT2D eigenvalue weighted by Gasteiger charge is 2.16. The number of aliphatic hydroxyl groups excluding tert-OH is 1. The summed E-state index contributed by atoms with van der Waals surface area (Å²) in [5.41, 5.74) is 0.998. The Kier molecular flexibility index (Phi) is 4.79. The van der Waals surface area contributed by atoms with Gasteiger partial charge in [-0.1, -0.05) is 19.1 Å². The number of rotatable bonds is 6. The van der Waals surface area contributed by atoms with Crippen molar-refractivity contribution in [1.82, 2.24) is 0 Å². The largest absolute Gasteiger partial charge is 0.479 e. The van der Waals surface area contributed by atoms with Gasteiger partial charge in [-0.25, -0.2) is 4.79 Å². The number of ether oxygens (including phenoxy) is 1. The van der Waals surface area contributed by atoms with Gasteiger partial charge in [0.25, 0.3) is 0 Å². The predicted octanol–water partition coefficient (Wildman–Crippen LogP) is 1.46. The molecule has 0 saturated heterocycles. The lowest BCUT2D eigenvalue weighted by Crippen LogP contribution is -2.25. The van der Waals surface area contributed by atoms with Crippen LogP contribution in [0.1, 0.15) is 18.9 Å². The van der Waals surface area contributed by atoms with Crippen molar-refractivity contribution < 1.29 is 19.7 Å². The SMILES string of the molecule is CCC(Oc1ccc(CCO)cc1)C(=O)O. The van der Waals surface area contributed by atoms with E-state index < -0.39 is 12.1 Å². The van der Waals surface area contributed by atoms with Crippen molar-refractivity contribution in [2.45, 2.75) is 25.9 Å². The molecule has 1 aromatic carbocycles. The Labute approximate surface area is 94.5 Å². The monoisotopic (exact) mass is 224 g/mol. The third-order valence-electron chi connectivity index (χ3n) is 2.25. The average molecular weight is 224 g/mol. The van der Waals surface area contributed by atoms with Gasteiger partial charge in [0.2, 0.25) is 0 Å². The lowest BCUT2D eigenvalue weighted by molar-refractivity contribution is -0.145. The number of carboxylic acids is 1. The summed E-state index contributed by atoms with van der Waals surface area (Å²) in [7, 11) is 0. The van der Waals surface area contributed by atoms with Crippen molar-refractivity contribution in [1.29, 1.82) is 0 Å². The van der Waals surface area contributed by atoms with E-state index in [2.05, 4.69) is 0 Å². The summed E-state index contributed by atoms with van der Waals surface area (Å²) in [6, 6.07) is 7.08. The standard InChI is InChI=1S/C12H16O4/c1-2-11(12(14)15)16-10-5-3-9(4-6-10)7-8-13/h3-6,11,13H,2,7-8H2,1H3,(H,14,15). The second-order valence-electron chi connectivity index (χ2n) is 3.47. The molecule has 0 saturated carbocycles. The zero-order chi connectivity index (χ0) is 12.0. The summed E-state index contributed by atoms with van der Waals surface area (Å²) in [6.45, 7) is 1.87. The molecular formula is C12H16O4. The van der Waals surface area contributed by atoms with Crippen molar-refractivity contribution in [2.24, 2.45) is 0 Å². The summed E-state index contributed by atoms with van der Waals surface area (Å²) in [5, 5.41) is 17.6. The van der Waals surface area contributed by atoms with Gasteiger partial charge in [0.15, 0.2) is 6.10 Å². The summed E-state index contributed by atoms with van der Waals surface area (Å²) < 4.78 is 5.30. The van der Waals surface area contributed by atoms with Gasteiger partial charge in [-0.05, 0) is 30.5 Å². The van der Waals surface area contributed by atoms with Crippen molar-refractivity contribution in [3.63, 3.8) is 0 Å². The molecule has 0 fully saturated rings. The molecule has 0 radical (unpaired) electrons. The third kappa shape index (κ3) is 3.55. The van der Waals surface area contributed by atoms with Crippen LogP contribution in [0.3, 0.4) is 0 Å². The maximum atomic E-state index is 10.7. The predicted molar refractivity (Wildman–Crippen MR) is 59.6 cm³/mol. The Bertz CT molecular complexity index is 331. The summed E-state index contributed by atoms with van der Waals surface area (Å²) in [5.74, 6) is -0.419. The zero-order valence-electron chi connectivity index (χ0n) is 9.22. The molecule has 0 bridgehead atoms. The lowest BCUT2D eigenvalue weighted by atomic mass is 10.1. The van der Waals surface area contributed by atoms with Crippen molar-refractivity contribution in [3.8, 4) is 5.75 Å². The number of carbonyl (C=O) groups is 1. The molecule has 2 N–H and O–H groups in total. The van der Waals surface area contributed by atoms with E-state index in [4.69, 9.17) is 14.9 Å². The van der Waals surface area contributed by atoms with E-state index in [1.807, 2.05) is 12.1 Å². The van der Waals surface area contributed by atoms with E-state index in [-0.39, 0.29) is 6.61 Å². The Hall–Kier alpha value is -1.55. The molecule has 1 rings (SSSR count). The highest BCUT2D eigenvalue weighted by molar-refractivity contribution is 5.72. The highest BCUT2D eigenvalue weighted by Crippen LogP contribution is 2.15. The van der Waals surface area contributed by atoms with Crippen LogP contribution in [0.4, 0.5) is 0 Å². The number of carboxylic acid groups (broad SMARTS) is 1. The van der Waals surface area contributed by atoms with Gasteiger partial charge >= 0.3 is 5.97 Å². The van der Waals surface area contributed by atoms with E-state index in [9.17, 15) is 4.79 Å². The number of aliphatic carboxylic acids is 1. The first-order valence-electron chi connectivity index (χ1n) is 5.26. The quantitative estimate of drug-likeness (QED) is 0.767. The minimum absolute atomic E-state index is 0.104. The first-order chi connectivity index (χ1) is 7.67. The fourth-order valence-electron chi connectivity index (χ4n) is 1.34. The number of benzene rings is 1. The highest BCUT2D eigenvalue weighted by atomic mass is 16.5. The zero-order valence-corrected chi connectivity index (χ0v) is 9.22. The molecule has 0 heterocycles. The number of hydrogen-bond acceptors (Lipinski definition) is 3. The van der Waals surface area contributed by atoms with Crippen molar-refractivity contribution >= 4 is 5.97 Å². The first kappa shape index (κ1) is 12.5. The second-order valence-corrected chi connectivity index (χ2v) is 3.47. The van der Waals surface area contributed by atoms with Crippen LogP contribution in [-0.2, 0) is 11.2 Å². The number of hydrogen-bond donors (Lipinski definition) is 2. The molecule has 1 unspecified atom stereocenters. The maximum absolute atomic E-state index is 10.7. The minimum atomic E-state index is -0.957. The Balaban J connectivity index is 2.63. The second kappa shape index (κ2) is 6.12. The summed E-state index contributed by atoms with van der Waals surface area (Å²) in [6.07, 6.45) is 0.216. The fraction of sp³-hybridized carbons (Fsp3) is 0.417. The van der Waals surface area contributed by atoms with Crippen LogP contribution in [0.2, 0.25) is 0 Å². The normalized spacial score (nSPS) is 12.1. The van der Waals surface area contributed by atoms with Gasteiger partial charge in [-0.15, -0.1) is 0 Å². The van der Waals surface area contributed by atoms with Crippen LogP contribution < -0.4 is 4.74 Å². The van der Waals surface area contributed by atoms with Gasteiger partial charge in [0.05, 0.1) is 0 Å². The van der Waals surface area contributed by atoms with Crippen LogP contribution in [-0.4, -0.2) is 28.9 Å². The maximum Gasteiger partial charge on any atom is 0.344 e. The topological polar surface area (TPSA) is 66.8 Å². The van der Waals surface area contributed by atoms with E-state index in [1.165, 1.54) is 0 Å². The number of aliphatic hydroxyl groups is 1. The van der Waals surface area contributed by atoms with Crippen LogP contribution in [0.15, 0.2) is 24.3 Å². The molecule has 0 aliphatic carbocycles. The molecule has 0 aliphatic heterocycles. The van der Waals surface area contributed by atoms with E-state index in [0.29, 0.717) is 18.6 Å². The Morgan fingerprint density at radius 2 is 2.00 bits per heavy atom. The molecule has 0 aromatic heterocycles. The van der Waals surface area contributed by atoms with E-state index in [1.54, 1.807) is 19.1 Å². The molecule has 0 amide bonds. The molecule has 0 spiro atoms. The van der Waals surface area contributed by atoms with Crippen LogP contribution >= 0.6 is 0 Å². The third-order valence-corrected chi connectivity index (χ3v) is 2.25. The Morgan fingerprint density at radius 1 is 1.38 bits per heavy atom. The van der Waals surface area contributed by atoms with Gasteiger partial charge in [-0.3, -0.25) is 0 Å². The summed E-state index contributed by atoms with van der Waals surface area (Å²) in [4.78, 5) is 10.7. The molecule has 4 heteroatoms. The van der Waals surface area contributed by atoms with Gasteiger partial charge in [0, 0.05) is 6.61 Å². The molecule has 16 heavy (non-hydrogen) atoms. The molecule has 88 valence electrons. The minimum Gasteiger partial charge on any atom is -0.479 e. The van der Waals surface area contributed by atoms with Crippen molar-refractivity contribution in [3.05, 3.63) is 29.8 Å². The first-order valence-corrected chi connectivity index (χ1v) is 5.26. The Morgan fingerprint density at radius 3 is 2.44 bits per heavy atom. The molecular weight excluding hydrogens is 208 g/mol. The summed E-state index contributed by atoms with van der Waals surface area (Å²) >= 11 is 0. The smallest absolute Gasteiger partial charge is 0.344 e. The molecule has 1 aromatic rings. The van der Waals surface area contributed by atoms with Crippen molar-refractivity contribution in [2.75, 3.05) is 6.61 Å². The fourth-order valence-corrected chi connectivity index (χ4v) is 1.34. The van der Waals surface area contributed by atoms with Gasteiger partial charge < -0.3 is 14.9 Å². The molecule has 1 atom stereocenters. The van der Waals surface area contributed by atoms with Gasteiger partial charge in [-0.2, -0.15) is 0 Å². The van der Waals surface area contributed by atoms with Gasteiger partial charge in [0.1, 0.15) is 5.75 Å².